The molecule has 162 valence electrons. The van der Waals surface area contributed by atoms with Crippen LogP contribution in [0.3, 0.4) is 0 Å². The van der Waals surface area contributed by atoms with Crippen LogP contribution in [0.1, 0.15) is 98.9 Å². The van der Waals surface area contributed by atoms with E-state index in [-0.39, 0.29) is 7.43 Å². The van der Waals surface area contributed by atoms with Gasteiger partial charge in [0.15, 0.2) is 0 Å². The van der Waals surface area contributed by atoms with E-state index in [4.69, 9.17) is 0 Å². The van der Waals surface area contributed by atoms with Crippen molar-refractivity contribution in [1.29, 1.82) is 0 Å². The smallest absolute Gasteiger partial charge is 0.0395 e. The zero-order chi connectivity index (χ0) is 22.0. The van der Waals surface area contributed by atoms with Gasteiger partial charge in [0.1, 0.15) is 0 Å². The molecule has 0 saturated heterocycles. The van der Waals surface area contributed by atoms with Crippen LogP contribution < -0.4 is 0 Å². The summed E-state index contributed by atoms with van der Waals surface area (Å²) in [4.78, 5) is 0. The van der Waals surface area contributed by atoms with Gasteiger partial charge in [-0.1, -0.05) is 136 Å². The highest BCUT2D eigenvalue weighted by Gasteiger charge is 1.84. The van der Waals surface area contributed by atoms with Gasteiger partial charge in [-0.2, -0.15) is 0 Å². The summed E-state index contributed by atoms with van der Waals surface area (Å²) >= 11 is 0. The summed E-state index contributed by atoms with van der Waals surface area (Å²) in [6.07, 6.45) is 0. The number of rotatable bonds is 0. The summed E-state index contributed by atoms with van der Waals surface area (Å²) in [7, 11) is 0. The van der Waals surface area contributed by atoms with E-state index in [0.29, 0.717) is 0 Å². The van der Waals surface area contributed by atoms with Gasteiger partial charge in [-0.25, -0.2) is 0 Å². The molecule has 2 aromatic carbocycles. The highest BCUT2D eigenvalue weighted by Crippen LogP contribution is 2.02. The first-order valence-corrected chi connectivity index (χ1v) is 10.6. The lowest BCUT2D eigenvalue weighted by Crippen LogP contribution is -1.74. The van der Waals surface area contributed by atoms with Gasteiger partial charge in [-0.05, 0) is 38.8 Å². The first-order valence-electron chi connectivity index (χ1n) is 10.6. The maximum Gasteiger partial charge on any atom is -0.0395 e. The van der Waals surface area contributed by atoms with Crippen LogP contribution in [0.15, 0.2) is 48.5 Å². The monoisotopic (exact) mass is 378 g/mol. The third kappa shape index (κ3) is 32.6. The van der Waals surface area contributed by atoms with Crippen LogP contribution in [0.25, 0.3) is 0 Å². The van der Waals surface area contributed by atoms with Crippen LogP contribution in [0.5, 0.6) is 0 Å². The van der Waals surface area contributed by atoms with E-state index in [1.54, 1.807) is 0 Å². The van der Waals surface area contributed by atoms with Crippen molar-refractivity contribution in [2.24, 2.45) is 0 Å². The Morgan fingerprint density at radius 3 is 0.815 bits per heavy atom. The van der Waals surface area contributed by atoms with Crippen molar-refractivity contribution in [3.05, 3.63) is 70.8 Å². The number of hydrogen-bond acceptors (Lipinski definition) is 0. The van der Waals surface area contributed by atoms with Crippen LogP contribution in [-0.2, 0) is 0 Å². The number of benzene rings is 2. The van der Waals surface area contributed by atoms with Crippen LogP contribution in [0, 0.1) is 27.7 Å². The molecule has 0 aliphatic rings. The molecule has 0 aliphatic carbocycles. The highest BCUT2D eigenvalue weighted by molar-refractivity contribution is 5.23. The Bertz CT molecular complexity index is 403. The fraction of sp³-hybridized carbons (Fsp3) is 0.556. The van der Waals surface area contributed by atoms with Gasteiger partial charge in [0.25, 0.3) is 0 Å². The van der Waals surface area contributed by atoms with Crippen molar-refractivity contribution in [2.45, 2.75) is 104 Å². The van der Waals surface area contributed by atoms with E-state index in [2.05, 4.69) is 76.2 Å². The summed E-state index contributed by atoms with van der Waals surface area (Å²) in [5.74, 6) is 0. The predicted molar refractivity (Wildman–Crippen MR) is 135 cm³/mol. The first kappa shape index (κ1) is 40.2. The summed E-state index contributed by atoms with van der Waals surface area (Å²) in [6.45, 7) is 28.4. The van der Waals surface area contributed by atoms with Gasteiger partial charge in [-0.15, -0.1) is 0 Å². The Balaban J connectivity index is -0.0000000547. The van der Waals surface area contributed by atoms with Crippen LogP contribution in [-0.4, -0.2) is 0 Å². The molecule has 0 amide bonds. The molecule has 0 heteroatoms. The molecule has 0 N–H and O–H groups in total. The van der Waals surface area contributed by atoms with E-state index in [1.165, 1.54) is 22.3 Å². The van der Waals surface area contributed by atoms with E-state index in [9.17, 15) is 0 Å². The lowest BCUT2D eigenvalue weighted by atomic mass is 10.1. The fourth-order valence-corrected chi connectivity index (χ4v) is 1.47. The average molecular weight is 379 g/mol. The first-order chi connectivity index (χ1) is 12.6. The maximum atomic E-state index is 2.17. The molecule has 0 fully saturated rings. The summed E-state index contributed by atoms with van der Waals surface area (Å²) in [5, 5.41) is 0. The minimum absolute atomic E-state index is 0. The van der Waals surface area contributed by atoms with Gasteiger partial charge in [0.05, 0.1) is 0 Å². The molecular weight excluding hydrogens is 324 g/mol. The number of aryl methyl sites for hydroxylation is 4. The molecule has 0 aromatic heterocycles. The topological polar surface area (TPSA) is 0 Å². The molecule has 0 atom stereocenters. The van der Waals surface area contributed by atoms with Crippen molar-refractivity contribution in [2.75, 3.05) is 0 Å². The molecule has 0 spiro atoms. The molecule has 2 rings (SSSR count). The lowest BCUT2D eigenvalue weighted by Gasteiger charge is -1.93. The van der Waals surface area contributed by atoms with Crippen LogP contribution in [0.2, 0.25) is 0 Å². The van der Waals surface area contributed by atoms with E-state index in [0.717, 1.165) is 0 Å². The molecule has 0 radical (unpaired) electrons. The van der Waals surface area contributed by atoms with Gasteiger partial charge < -0.3 is 0 Å². The molecule has 2 aromatic rings. The lowest BCUT2D eigenvalue weighted by molar-refractivity contribution is 1.34. The largest absolute Gasteiger partial charge is 0.0776 e. The van der Waals surface area contributed by atoms with Gasteiger partial charge in [0, 0.05) is 0 Å². The van der Waals surface area contributed by atoms with E-state index < -0.39 is 0 Å². The minimum atomic E-state index is 0. The van der Waals surface area contributed by atoms with Crippen LogP contribution >= 0.6 is 0 Å². The standard InChI is InChI=1S/2C8H10.5C2H6.CH4/c1-7-4-3-5-8(2)6-7;1-7-5-3-4-6-8(7)2;5*1-2;/h2*3-6H,1-2H3;5*1-2H3;1H4. The Morgan fingerprint density at radius 2 is 0.667 bits per heavy atom. The van der Waals surface area contributed by atoms with Gasteiger partial charge in [0.2, 0.25) is 0 Å². The molecule has 0 unspecified atom stereocenters. The van der Waals surface area contributed by atoms with Gasteiger partial charge >= 0.3 is 0 Å². The Labute approximate surface area is 175 Å². The molecule has 27 heavy (non-hydrogen) atoms. The normalized spacial score (nSPS) is 6.59. The summed E-state index contributed by atoms with van der Waals surface area (Å²) < 4.78 is 0. The Morgan fingerprint density at radius 1 is 0.407 bits per heavy atom. The Hall–Kier alpha value is -1.56. The molecule has 0 bridgehead atoms. The van der Waals surface area contributed by atoms with E-state index in [1.807, 2.05) is 69.2 Å². The zero-order valence-corrected chi connectivity index (χ0v) is 20.6. The summed E-state index contributed by atoms with van der Waals surface area (Å²) in [5.41, 5.74) is 5.41. The van der Waals surface area contributed by atoms with Crippen molar-refractivity contribution < 1.29 is 0 Å². The van der Waals surface area contributed by atoms with Crippen molar-refractivity contribution in [3.8, 4) is 0 Å². The second-order valence-electron chi connectivity index (χ2n) is 4.24. The van der Waals surface area contributed by atoms with Crippen molar-refractivity contribution in [1.82, 2.24) is 0 Å². The van der Waals surface area contributed by atoms with Crippen LogP contribution in [0.4, 0.5) is 0 Å². The molecule has 0 saturated carbocycles. The molecule has 0 nitrogen and oxygen atoms in total. The molecule has 0 heterocycles. The zero-order valence-electron chi connectivity index (χ0n) is 20.6. The quantitative estimate of drug-likeness (QED) is 0.427. The third-order valence-corrected chi connectivity index (χ3v) is 2.60. The Kier molecular flexibility index (Phi) is 58.8. The molecular formula is C27H54. The summed E-state index contributed by atoms with van der Waals surface area (Å²) in [6, 6.07) is 16.8. The minimum Gasteiger partial charge on any atom is -0.0776 e. The third-order valence-electron chi connectivity index (χ3n) is 2.60. The maximum absolute atomic E-state index is 2.17. The highest BCUT2D eigenvalue weighted by atomic mass is 13.9. The molecule has 0 aliphatic heterocycles. The van der Waals surface area contributed by atoms with Crippen molar-refractivity contribution in [3.63, 3.8) is 0 Å². The van der Waals surface area contributed by atoms with Gasteiger partial charge in [-0.3, -0.25) is 0 Å². The fourth-order valence-electron chi connectivity index (χ4n) is 1.47. The second kappa shape index (κ2) is 39.5. The predicted octanol–water partition coefficient (Wildman–Crippen LogP) is 10.4. The number of hydrogen-bond donors (Lipinski definition) is 0. The second-order valence-corrected chi connectivity index (χ2v) is 4.24. The van der Waals surface area contributed by atoms with Crippen molar-refractivity contribution >= 4 is 0 Å². The average Bonchev–Trinajstić information content (AvgIpc) is 2.72. The van der Waals surface area contributed by atoms with E-state index >= 15 is 0 Å². The SMILES string of the molecule is C.CC.CC.CC.CC.CC.Cc1cccc(C)c1.Cc1ccccc1C.